The maximum absolute atomic E-state index is 9.53. The zero-order chi connectivity index (χ0) is 9.14. The van der Waals surface area contributed by atoms with Gasteiger partial charge in [0.15, 0.2) is 5.96 Å². The van der Waals surface area contributed by atoms with Crippen LogP contribution in [-0.2, 0) is 0 Å². The van der Waals surface area contributed by atoms with Crippen LogP contribution in [0.4, 0.5) is 0 Å². The molecule has 2 atom stereocenters. The van der Waals surface area contributed by atoms with Crippen LogP contribution in [0.25, 0.3) is 0 Å². The number of guanidine groups is 1. The van der Waals surface area contributed by atoms with Crippen molar-refractivity contribution in [1.82, 2.24) is 4.90 Å². The van der Waals surface area contributed by atoms with Gasteiger partial charge in [0.05, 0.1) is 6.10 Å². The fourth-order valence-electron chi connectivity index (χ4n) is 1.64. The Balaban J connectivity index is 2.49. The van der Waals surface area contributed by atoms with Gasteiger partial charge in [0, 0.05) is 19.0 Å². The number of aliphatic hydroxyl groups is 1. The first-order valence-corrected chi connectivity index (χ1v) is 4.42. The van der Waals surface area contributed by atoms with Gasteiger partial charge in [-0.05, 0) is 12.8 Å². The quantitative estimate of drug-likeness (QED) is 0.383. The number of hydrogen-bond acceptors (Lipinski definition) is 2. The van der Waals surface area contributed by atoms with Gasteiger partial charge in [0.25, 0.3) is 0 Å². The van der Waals surface area contributed by atoms with Crippen molar-refractivity contribution < 1.29 is 5.11 Å². The van der Waals surface area contributed by atoms with Gasteiger partial charge in [-0.2, -0.15) is 0 Å². The summed E-state index contributed by atoms with van der Waals surface area (Å²) < 4.78 is 0. The molecule has 0 spiro atoms. The summed E-state index contributed by atoms with van der Waals surface area (Å²) >= 11 is 0. The van der Waals surface area contributed by atoms with Crippen molar-refractivity contribution in [2.75, 3.05) is 13.1 Å². The van der Waals surface area contributed by atoms with Crippen molar-refractivity contribution >= 4 is 5.96 Å². The van der Waals surface area contributed by atoms with Gasteiger partial charge in [0.1, 0.15) is 0 Å². The van der Waals surface area contributed by atoms with Crippen molar-refractivity contribution in [3.63, 3.8) is 0 Å². The fourth-order valence-corrected chi connectivity index (χ4v) is 1.64. The smallest absolute Gasteiger partial charge is 0.188 e. The van der Waals surface area contributed by atoms with E-state index < -0.39 is 0 Å². The molecule has 1 saturated heterocycles. The normalized spacial score (nSPS) is 30.3. The Kier molecular flexibility index (Phi) is 2.92. The lowest BCUT2D eigenvalue weighted by molar-refractivity contribution is 0.0476. The molecule has 0 aromatic rings. The second-order valence-corrected chi connectivity index (χ2v) is 3.36. The first-order valence-electron chi connectivity index (χ1n) is 4.42. The van der Waals surface area contributed by atoms with Crippen LogP contribution in [0.5, 0.6) is 0 Å². The van der Waals surface area contributed by atoms with E-state index in [-0.39, 0.29) is 18.0 Å². The molecule has 1 aliphatic heterocycles. The Morgan fingerprint density at radius 1 is 1.75 bits per heavy atom. The van der Waals surface area contributed by atoms with E-state index in [4.69, 9.17) is 11.1 Å². The average Bonchev–Trinajstić information content (AvgIpc) is 2.05. The molecule has 0 saturated carbocycles. The topological polar surface area (TPSA) is 73.3 Å². The zero-order valence-electron chi connectivity index (χ0n) is 7.45. The summed E-state index contributed by atoms with van der Waals surface area (Å²) in [6, 6.07) is 0. The lowest BCUT2D eigenvalue weighted by atomic mass is 9.93. The Labute approximate surface area is 72.9 Å². The molecule has 0 aliphatic carbocycles. The second kappa shape index (κ2) is 3.76. The van der Waals surface area contributed by atoms with Crippen LogP contribution in [0.1, 0.15) is 19.8 Å². The Morgan fingerprint density at radius 2 is 2.42 bits per heavy atom. The van der Waals surface area contributed by atoms with Crippen molar-refractivity contribution in [1.29, 1.82) is 5.41 Å². The molecule has 0 unspecified atom stereocenters. The van der Waals surface area contributed by atoms with Gasteiger partial charge in [-0.1, -0.05) is 6.92 Å². The molecule has 12 heavy (non-hydrogen) atoms. The van der Waals surface area contributed by atoms with Crippen LogP contribution < -0.4 is 5.73 Å². The van der Waals surface area contributed by atoms with Crippen LogP contribution in [0.15, 0.2) is 0 Å². The van der Waals surface area contributed by atoms with Gasteiger partial charge in [0.2, 0.25) is 0 Å². The Morgan fingerprint density at radius 3 is 2.92 bits per heavy atom. The number of nitrogens with one attached hydrogen (secondary N) is 1. The molecule has 0 aromatic carbocycles. The molecule has 70 valence electrons. The van der Waals surface area contributed by atoms with E-state index in [2.05, 4.69) is 6.92 Å². The van der Waals surface area contributed by atoms with E-state index in [1.54, 1.807) is 0 Å². The Bertz CT molecular complexity index is 172. The minimum atomic E-state index is -0.203. The zero-order valence-corrected chi connectivity index (χ0v) is 7.45. The monoisotopic (exact) mass is 171 g/mol. The SMILES string of the molecule is CC[C@@H]1CN(C(=N)N)CC[C@H]1O. The summed E-state index contributed by atoms with van der Waals surface area (Å²) in [5, 5.41) is 16.8. The van der Waals surface area contributed by atoms with Crippen molar-refractivity contribution in [2.45, 2.75) is 25.9 Å². The van der Waals surface area contributed by atoms with E-state index >= 15 is 0 Å². The summed E-state index contributed by atoms with van der Waals surface area (Å²) in [4.78, 5) is 1.82. The van der Waals surface area contributed by atoms with E-state index in [1.165, 1.54) is 0 Å². The molecule has 1 rings (SSSR count). The van der Waals surface area contributed by atoms with Crippen LogP contribution in [-0.4, -0.2) is 35.2 Å². The average molecular weight is 171 g/mol. The van der Waals surface area contributed by atoms with Crippen LogP contribution >= 0.6 is 0 Å². The fraction of sp³-hybridized carbons (Fsp3) is 0.875. The first kappa shape index (κ1) is 9.32. The van der Waals surface area contributed by atoms with Crippen LogP contribution in [0, 0.1) is 11.3 Å². The Hall–Kier alpha value is -0.770. The molecule has 0 bridgehead atoms. The highest BCUT2D eigenvalue weighted by Crippen LogP contribution is 2.19. The third-order valence-electron chi connectivity index (χ3n) is 2.56. The van der Waals surface area contributed by atoms with E-state index in [9.17, 15) is 5.11 Å². The number of nitrogens with two attached hydrogens (primary N) is 1. The lowest BCUT2D eigenvalue weighted by Crippen LogP contribution is -2.48. The number of likely N-dealkylation sites (tertiary alicyclic amines) is 1. The van der Waals surface area contributed by atoms with Gasteiger partial charge >= 0.3 is 0 Å². The third-order valence-corrected chi connectivity index (χ3v) is 2.56. The number of hydrogen-bond donors (Lipinski definition) is 3. The molecule has 4 N–H and O–H groups in total. The highest BCUT2D eigenvalue weighted by Gasteiger charge is 2.26. The van der Waals surface area contributed by atoms with Gasteiger partial charge in [-0.15, -0.1) is 0 Å². The lowest BCUT2D eigenvalue weighted by Gasteiger charge is -2.35. The van der Waals surface area contributed by atoms with Gasteiger partial charge < -0.3 is 15.7 Å². The summed E-state index contributed by atoms with van der Waals surface area (Å²) in [5.41, 5.74) is 5.36. The van der Waals surface area contributed by atoms with E-state index in [1.807, 2.05) is 4.90 Å². The largest absolute Gasteiger partial charge is 0.393 e. The third kappa shape index (κ3) is 1.88. The van der Waals surface area contributed by atoms with Crippen molar-refractivity contribution in [2.24, 2.45) is 11.7 Å². The number of aliphatic hydroxyl groups excluding tert-OH is 1. The summed E-state index contributed by atoms with van der Waals surface area (Å²) in [7, 11) is 0. The molecule has 1 aliphatic rings. The number of piperidine rings is 1. The summed E-state index contributed by atoms with van der Waals surface area (Å²) in [6.07, 6.45) is 1.48. The second-order valence-electron chi connectivity index (χ2n) is 3.36. The standard InChI is InChI=1S/C8H17N3O/c1-2-6-5-11(8(9)10)4-3-7(6)12/h6-7,12H,2-5H2,1H3,(H3,9,10)/t6-,7-/m1/s1. The molecular weight excluding hydrogens is 154 g/mol. The predicted molar refractivity (Wildman–Crippen MR) is 47.9 cm³/mol. The molecule has 4 nitrogen and oxygen atoms in total. The van der Waals surface area contributed by atoms with E-state index in [0.29, 0.717) is 6.54 Å². The molecular formula is C8H17N3O. The molecule has 0 amide bonds. The minimum absolute atomic E-state index is 0.125. The minimum Gasteiger partial charge on any atom is -0.393 e. The predicted octanol–water partition coefficient (Wildman–Crippen LogP) is -0.0273. The van der Waals surface area contributed by atoms with Crippen LogP contribution in [0.3, 0.4) is 0 Å². The van der Waals surface area contributed by atoms with Gasteiger partial charge in [-0.3, -0.25) is 5.41 Å². The number of nitrogens with zero attached hydrogens (tertiary/aromatic N) is 1. The summed E-state index contributed by atoms with van der Waals surface area (Å²) in [6.45, 7) is 3.50. The highest BCUT2D eigenvalue weighted by molar-refractivity contribution is 5.74. The number of rotatable bonds is 1. The summed E-state index contributed by atoms with van der Waals surface area (Å²) in [5.74, 6) is 0.406. The molecule has 0 aromatic heterocycles. The molecule has 1 fully saturated rings. The van der Waals surface area contributed by atoms with Crippen molar-refractivity contribution in [3.8, 4) is 0 Å². The first-order chi connectivity index (χ1) is 5.65. The maximum Gasteiger partial charge on any atom is 0.188 e. The highest BCUT2D eigenvalue weighted by atomic mass is 16.3. The van der Waals surface area contributed by atoms with Crippen LogP contribution in [0.2, 0.25) is 0 Å². The molecule has 4 heteroatoms. The van der Waals surface area contributed by atoms with E-state index in [0.717, 1.165) is 19.4 Å². The molecule has 1 heterocycles. The van der Waals surface area contributed by atoms with Crippen molar-refractivity contribution in [3.05, 3.63) is 0 Å². The maximum atomic E-state index is 9.53. The molecule has 0 radical (unpaired) electrons. The van der Waals surface area contributed by atoms with Gasteiger partial charge in [-0.25, -0.2) is 0 Å².